The molecule has 1 unspecified atom stereocenters. The SMILES string of the molecule is CCOc1ccc(-c2ccc(CCc3ccc(C4=CCC(CC)CC4)c(F)c3F)cc2)c(F)c1F. The standard InChI is InChI=1S/C30H30F4O/c1-3-19-5-10-21(11-6-19)24-16-15-23(27(31)28(24)32)14-9-20-7-12-22(13-8-20)25-17-18-26(35-4-2)30(34)29(25)33/h7-8,10,12-13,15-19H,3-6,9,11,14H2,1-2H3. The highest BCUT2D eigenvalue weighted by Crippen LogP contribution is 2.34. The van der Waals surface area contributed by atoms with Gasteiger partial charge in [-0.2, -0.15) is 4.39 Å². The van der Waals surface area contributed by atoms with Crippen LogP contribution < -0.4 is 4.74 Å². The van der Waals surface area contributed by atoms with Gasteiger partial charge in [0.05, 0.1) is 6.61 Å². The molecule has 1 aliphatic rings. The second-order valence-electron chi connectivity index (χ2n) is 9.05. The quantitative estimate of drug-likeness (QED) is 0.292. The first-order valence-corrected chi connectivity index (χ1v) is 12.3. The van der Waals surface area contributed by atoms with Crippen molar-refractivity contribution in [3.8, 4) is 16.9 Å². The Morgan fingerprint density at radius 1 is 0.771 bits per heavy atom. The fourth-order valence-corrected chi connectivity index (χ4v) is 4.69. The van der Waals surface area contributed by atoms with Gasteiger partial charge in [0, 0.05) is 11.1 Å². The van der Waals surface area contributed by atoms with Gasteiger partial charge in [-0.3, -0.25) is 0 Å². The first-order valence-electron chi connectivity index (χ1n) is 12.3. The molecular formula is C30H30F4O. The van der Waals surface area contributed by atoms with E-state index < -0.39 is 23.3 Å². The number of ether oxygens (including phenoxy) is 1. The predicted octanol–water partition coefficient (Wildman–Crippen LogP) is 8.69. The molecule has 0 aromatic heterocycles. The zero-order chi connectivity index (χ0) is 24.9. The van der Waals surface area contributed by atoms with Gasteiger partial charge in [0.1, 0.15) is 0 Å². The third-order valence-corrected chi connectivity index (χ3v) is 6.90. The molecule has 3 aromatic carbocycles. The van der Waals surface area contributed by atoms with Crippen molar-refractivity contribution < 1.29 is 22.3 Å². The Hall–Kier alpha value is -3.08. The normalized spacial score (nSPS) is 15.7. The molecule has 0 bridgehead atoms. The summed E-state index contributed by atoms with van der Waals surface area (Å²) in [6.45, 7) is 4.10. The minimum absolute atomic E-state index is 0.115. The number of aryl methyl sites for hydroxylation is 2. The minimum atomic E-state index is -1.01. The average Bonchev–Trinajstić information content (AvgIpc) is 2.88. The van der Waals surface area contributed by atoms with Crippen molar-refractivity contribution in [3.05, 3.63) is 94.6 Å². The lowest BCUT2D eigenvalue weighted by atomic mass is 9.85. The lowest BCUT2D eigenvalue weighted by Gasteiger charge is -2.21. The van der Waals surface area contributed by atoms with Crippen molar-refractivity contribution >= 4 is 5.57 Å². The van der Waals surface area contributed by atoms with Crippen LogP contribution >= 0.6 is 0 Å². The molecule has 35 heavy (non-hydrogen) atoms. The Balaban J connectivity index is 1.45. The topological polar surface area (TPSA) is 9.23 Å². The smallest absolute Gasteiger partial charge is 0.201 e. The van der Waals surface area contributed by atoms with E-state index in [0.717, 1.165) is 36.8 Å². The van der Waals surface area contributed by atoms with Crippen LogP contribution in [0.15, 0.2) is 54.6 Å². The molecule has 0 radical (unpaired) electrons. The van der Waals surface area contributed by atoms with E-state index in [-0.39, 0.29) is 17.9 Å². The van der Waals surface area contributed by atoms with Crippen LogP contribution in [-0.2, 0) is 12.8 Å². The number of halogens is 4. The van der Waals surface area contributed by atoms with Crippen molar-refractivity contribution in [2.24, 2.45) is 5.92 Å². The molecule has 0 aliphatic heterocycles. The molecule has 0 fully saturated rings. The largest absolute Gasteiger partial charge is 0.491 e. The molecule has 184 valence electrons. The molecule has 0 N–H and O–H groups in total. The highest BCUT2D eigenvalue weighted by atomic mass is 19.2. The molecule has 5 heteroatoms. The van der Waals surface area contributed by atoms with Crippen molar-refractivity contribution in [1.29, 1.82) is 0 Å². The van der Waals surface area contributed by atoms with Gasteiger partial charge in [0.2, 0.25) is 5.82 Å². The van der Waals surface area contributed by atoms with Crippen molar-refractivity contribution in [3.63, 3.8) is 0 Å². The van der Waals surface area contributed by atoms with E-state index in [1.807, 2.05) is 0 Å². The molecule has 0 spiro atoms. The van der Waals surface area contributed by atoms with Crippen LogP contribution in [0.2, 0.25) is 0 Å². The Bertz CT molecular complexity index is 1210. The summed E-state index contributed by atoms with van der Waals surface area (Å²) in [6, 6.07) is 13.3. The van der Waals surface area contributed by atoms with Crippen LogP contribution in [0.1, 0.15) is 56.2 Å². The lowest BCUT2D eigenvalue weighted by molar-refractivity contribution is 0.314. The first kappa shape index (κ1) is 25.0. The summed E-state index contributed by atoms with van der Waals surface area (Å²) < 4.78 is 63.5. The van der Waals surface area contributed by atoms with Gasteiger partial charge >= 0.3 is 0 Å². The van der Waals surface area contributed by atoms with Crippen LogP contribution in [0.4, 0.5) is 17.6 Å². The van der Waals surface area contributed by atoms with Gasteiger partial charge in [-0.25, -0.2) is 13.2 Å². The van der Waals surface area contributed by atoms with Gasteiger partial charge in [0.15, 0.2) is 23.2 Å². The van der Waals surface area contributed by atoms with Gasteiger partial charge in [-0.05, 0) is 79.3 Å². The van der Waals surface area contributed by atoms with Crippen molar-refractivity contribution in [2.45, 2.75) is 52.4 Å². The molecule has 4 rings (SSSR count). The van der Waals surface area contributed by atoms with Crippen molar-refractivity contribution in [1.82, 2.24) is 0 Å². The molecule has 1 atom stereocenters. The molecule has 3 aromatic rings. The van der Waals surface area contributed by atoms with Crippen molar-refractivity contribution in [2.75, 3.05) is 6.61 Å². The number of rotatable bonds is 8. The van der Waals surface area contributed by atoms with Crippen LogP contribution in [-0.4, -0.2) is 6.61 Å². The van der Waals surface area contributed by atoms with E-state index in [1.165, 1.54) is 12.1 Å². The Morgan fingerprint density at radius 2 is 1.49 bits per heavy atom. The fourth-order valence-electron chi connectivity index (χ4n) is 4.69. The maximum atomic E-state index is 14.8. The molecule has 1 aliphatic carbocycles. The zero-order valence-electron chi connectivity index (χ0n) is 20.1. The molecule has 0 saturated heterocycles. The molecule has 0 heterocycles. The number of allylic oxidation sites excluding steroid dienone is 2. The third-order valence-electron chi connectivity index (χ3n) is 6.90. The van der Waals surface area contributed by atoms with E-state index in [0.29, 0.717) is 35.4 Å². The van der Waals surface area contributed by atoms with E-state index in [1.54, 1.807) is 43.3 Å². The summed E-state index contributed by atoms with van der Waals surface area (Å²) in [5, 5.41) is 0. The average molecular weight is 483 g/mol. The van der Waals surface area contributed by atoms with Gasteiger partial charge in [0.25, 0.3) is 0 Å². The summed E-state index contributed by atoms with van der Waals surface area (Å²) in [5.74, 6) is -3.02. The molecular weight excluding hydrogens is 452 g/mol. The lowest BCUT2D eigenvalue weighted by Crippen LogP contribution is -2.07. The van der Waals surface area contributed by atoms with Crippen LogP contribution in [0.25, 0.3) is 16.7 Å². The first-order chi connectivity index (χ1) is 16.9. The van der Waals surface area contributed by atoms with Gasteiger partial charge < -0.3 is 4.74 Å². The molecule has 0 amide bonds. The maximum Gasteiger partial charge on any atom is 0.201 e. The van der Waals surface area contributed by atoms with E-state index >= 15 is 0 Å². The monoisotopic (exact) mass is 482 g/mol. The highest BCUT2D eigenvalue weighted by Gasteiger charge is 2.20. The third kappa shape index (κ3) is 5.44. The number of benzene rings is 3. The zero-order valence-corrected chi connectivity index (χ0v) is 20.1. The van der Waals surface area contributed by atoms with Crippen LogP contribution in [0, 0.1) is 29.2 Å². The van der Waals surface area contributed by atoms with Crippen LogP contribution in [0.3, 0.4) is 0 Å². The predicted molar refractivity (Wildman–Crippen MR) is 132 cm³/mol. The van der Waals surface area contributed by atoms with E-state index in [4.69, 9.17) is 4.74 Å². The summed E-state index contributed by atoms with van der Waals surface area (Å²) >= 11 is 0. The second-order valence-corrected chi connectivity index (χ2v) is 9.05. The highest BCUT2D eigenvalue weighted by molar-refractivity contribution is 5.67. The number of hydrogen-bond acceptors (Lipinski definition) is 1. The maximum absolute atomic E-state index is 14.8. The number of hydrogen-bond donors (Lipinski definition) is 0. The Morgan fingerprint density at radius 3 is 2.14 bits per heavy atom. The van der Waals surface area contributed by atoms with E-state index in [9.17, 15) is 17.6 Å². The van der Waals surface area contributed by atoms with Gasteiger partial charge in [-0.1, -0.05) is 55.8 Å². The fraction of sp³-hybridized carbons (Fsp3) is 0.333. The Kier molecular flexibility index (Phi) is 7.94. The molecule has 0 saturated carbocycles. The minimum Gasteiger partial charge on any atom is -0.491 e. The molecule has 1 nitrogen and oxygen atoms in total. The van der Waals surface area contributed by atoms with Gasteiger partial charge in [-0.15, -0.1) is 0 Å². The summed E-state index contributed by atoms with van der Waals surface area (Å²) in [7, 11) is 0. The van der Waals surface area contributed by atoms with Crippen LogP contribution in [0.5, 0.6) is 5.75 Å². The summed E-state index contributed by atoms with van der Waals surface area (Å²) in [4.78, 5) is 0. The van der Waals surface area contributed by atoms with E-state index in [2.05, 4.69) is 13.0 Å². The second kappa shape index (κ2) is 11.1. The summed E-state index contributed by atoms with van der Waals surface area (Å²) in [5.41, 5.74) is 3.16. The summed E-state index contributed by atoms with van der Waals surface area (Å²) in [6.07, 6.45) is 6.69. The Labute approximate surface area is 204 Å².